The molecule has 3 heterocycles. The second kappa shape index (κ2) is 10.1. The number of nitrogens with zero attached hydrogens (tertiary/aromatic N) is 3. The summed E-state index contributed by atoms with van der Waals surface area (Å²) >= 11 is 1.66. The van der Waals surface area contributed by atoms with Crippen LogP contribution in [0.4, 0.5) is 9.39 Å². The highest BCUT2D eigenvalue weighted by Crippen LogP contribution is 2.42. The number of halogens is 1. The van der Waals surface area contributed by atoms with Crippen LogP contribution in [-0.2, 0) is 13.1 Å². The number of rotatable bonds is 9. The highest BCUT2D eigenvalue weighted by atomic mass is 32.1. The van der Waals surface area contributed by atoms with Gasteiger partial charge in [0.15, 0.2) is 0 Å². The molecule has 0 amide bonds. The first-order chi connectivity index (χ1) is 15.6. The monoisotopic (exact) mass is 454 g/mol. The fourth-order valence-corrected chi connectivity index (χ4v) is 5.19. The van der Waals surface area contributed by atoms with Crippen LogP contribution in [0, 0.1) is 5.82 Å². The largest absolute Gasteiger partial charge is 0.395 e. The summed E-state index contributed by atoms with van der Waals surface area (Å²) in [5.41, 5.74) is 4.89. The molecule has 0 spiro atoms. The lowest BCUT2D eigenvalue weighted by molar-refractivity contribution is 0.281. The molecule has 6 nitrogen and oxygen atoms in total. The molecule has 0 atom stereocenters. The van der Waals surface area contributed by atoms with E-state index in [0.29, 0.717) is 26.2 Å². The number of hydrogen-bond donors (Lipinski definition) is 3. The van der Waals surface area contributed by atoms with E-state index in [9.17, 15) is 14.6 Å². The molecule has 1 aliphatic heterocycles. The van der Waals surface area contributed by atoms with Crippen LogP contribution in [0.2, 0.25) is 0 Å². The predicted octanol–water partition coefficient (Wildman–Crippen LogP) is 3.13. The van der Waals surface area contributed by atoms with E-state index in [4.69, 9.17) is 0 Å². The lowest BCUT2D eigenvalue weighted by Crippen LogP contribution is -2.28. The average molecular weight is 455 g/mol. The van der Waals surface area contributed by atoms with Crippen LogP contribution >= 0.6 is 11.3 Å². The maximum absolute atomic E-state index is 13.6. The van der Waals surface area contributed by atoms with Crippen molar-refractivity contribution in [3.05, 3.63) is 82.2 Å². The number of aliphatic hydroxyl groups is 2. The number of fused-ring (bicyclic) bond motifs is 1. The van der Waals surface area contributed by atoms with Crippen molar-refractivity contribution in [2.45, 2.75) is 13.1 Å². The Bertz CT molecular complexity index is 1060. The summed E-state index contributed by atoms with van der Waals surface area (Å²) in [5.74, 6) is -0.266. The molecule has 4 rings (SSSR count). The Morgan fingerprint density at radius 1 is 1.12 bits per heavy atom. The minimum atomic E-state index is -0.266. The summed E-state index contributed by atoms with van der Waals surface area (Å²) < 4.78 is 13.6. The normalized spacial score (nSPS) is 13.3. The van der Waals surface area contributed by atoms with E-state index in [1.807, 2.05) is 30.1 Å². The quantitative estimate of drug-likeness (QED) is 0.462. The number of pyridine rings is 1. The van der Waals surface area contributed by atoms with Crippen molar-refractivity contribution in [1.82, 2.24) is 15.2 Å². The third-order valence-corrected chi connectivity index (χ3v) is 6.59. The van der Waals surface area contributed by atoms with Crippen LogP contribution in [0.25, 0.3) is 11.4 Å². The first-order valence-corrected chi connectivity index (χ1v) is 11.4. The van der Waals surface area contributed by atoms with Crippen LogP contribution in [0.5, 0.6) is 0 Å². The molecule has 0 bridgehead atoms. The van der Waals surface area contributed by atoms with Gasteiger partial charge >= 0.3 is 0 Å². The average Bonchev–Trinajstić information content (AvgIpc) is 3.22. The van der Waals surface area contributed by atoms with Gasteiger partial charge in [-0.3, -0.25) is 4.98 Å². The third-order valence-electron chi connectivity index (χ3n) is 5.41. The van der Waals surface area contributed by atoms with Crippen molar-refractivity contribution in [2.75, 3.05) is 38.3 Å². The van der Waals surface area contributed by atoms with Crippen molar-refractivity contribution >= 4 is 27.7 Å². The van der Waals surface area contributed by atoms with Crippen LogP contribution in [0.1, 0.15) is 21.7 Å². The summed E-state index contributed by atoms with van der Waals surface area (Å²) in [6, 6.07) is 14.5. The predicted molar refractivity (Wildman–Crippen MR) is 126 cm³/mol. The molecular formula is C24H27FN4O2S. The Labute approximate surface area is 191 Å². The molecule has 1 aliphatic rings. The zero-order chi connectivity index (χ0) is 22.5. The fraction of sp³-hybridized carbons (Fsp3) is 0.292. The smallest absolute Gasteiger partial charge is 0.123 e. The van der Waals surface area contributed by atoms with Gasteiger partial charge < -0.3 is 25.3 Å². The van der Waals surface area contributed by atoms with E-state index in [1.54, 1.807) is 29.7 Å². The Hall–Kier alpha value is -2.94. The molecule has 8 heteroatoms. The van der Waals surface area contributed by atoms with Crippen molar-refractivity contribution in [1.29, 1.82) is 0 Å². The summed E-state index contributed by atoms with van der Waals surface area (Å²) in [7, 11) is 2.03. The Morgan fingerprint density at radius 3 is 2.53 bits per heavy atom. The van der Waals surface area contributed by atoms with E-state index < -0.39 is 0 Å². The molecule has 0 aliphatic carbocycles. The Kier molecular flexibility index (Phi) is 7.04. The van der Waals surface area contributed by atoms with Crippen LogP contribution in [0.15, 0.2) is 54.7 Å². The lowest BCUT2D eigenvalue weighted by Gasteiger charge is -2.31. The second-order valence-corrected chi connectivity index (χ2v) is 8.73. The molecule has 0 saturated heterocycles. The molecular weight excluding hydrogens is 427 g/mol. The van der Waals surface area contributed by atoms with E-state index >= 15 is 0 Å². The van der Waals surface area contributed by atoms with Gasteiger partial charge in [0.1, 0.15) is 5.82 Å². The minimum absolute atomic E-state index is 0.0178. The maximum atomic E-state index is 13.6. The van der Waals surface area contributed by atoms with Gasteiger partial charge in [0.25, 0.3) is 0 Å². The summed E-state index contributed by atoms with van der Waals surface area (Å²) in [4.78, 5) is 9.78. The van der Waals surface area contributed by atoms with E-state index in [-0.39, 0.29) is 19.0 Å². The summed E-state index contributed by atoms with van der Waals surface area (Å²) in [6.07, 6.45) is 1.77. The number of anilines is 1. The standard InChI is InChI=1S/C24H27FN4O2S/c1-28-16-21-20(14-22(32-21)29(10-12-30)11-13-31)23(27-15-19-4-2-3-9-26-19)24(28)17-5-7-18(25)8-6-17/h2-9,14,27,30-31H,10-13,15-16H2,1H3. The highest BCUT2D eigenvalue weighted by molar-refractivity contribution is 7.16. The van der Waals surface area contributed by atoms with Gasteiger partial charge in [-0.1, -0.05) is 6.07 Å². The lowest BCUT2D eigenvalue weighted by atomic mass is 10.00. The first-order valence-electron chi connectivity index (χ1n) is 10.6. The number of nitrogens with one attached hydrogen (secondary N) is 1. The second-order valence-electron chi connectivity index (χ2n) is 7.62. The third kappa shape index (κ3) is 4.77. The molecule has 1 aromatic carbocycles. The molecule has 168 valence electrons. The summed E-state index contributed by atoms with van der Waals surface area (Å²) in [5, 5.41) is 23.5. The molecule has 3 N–H and O–H groups in total. The number of aromatic nitrogens is 1. The SMILES string of the molecule is CN1Cc2sc(N(CCO)CCO)cc2C(NCc2ccccn2)=C1c1ccc(F)cc1. The highest BCUT2D eigenvalue weighted by Gasteiger charge is 2.27. The summed E-state index contributed by atoms with van der Waals surface area (Å²) in [6.45, 7) is 2.22. The fourth-order valence-electron chi connectivity index (χ4n) is 3.92. The van der Waals surface area contributed by atoms with Crippen LogP contribution < -0.4 is 10.2 Å². The molecule has 2 aromatic heterocycles. The molecule has 0 saturated carbocycles. The van der Waals surface area contributed by atoms with Crippen molar-refractivity contribution in [3.63, 3.8) is 0 Å². The first kappa shape index (κ1) is 22.3. The van der Waals surface area contributed by atoms with Gasteiger partial charge in [-0.05, 0) is 42.5 Å². The van der Waals surface area contributed by atoms with Gasteiger partial charge in [0, 0.05) is 42.3 Å². The Morgan fingerprint density at radius 2 is 1.88 bits per heavy atom. The van der Waals surface area contributed by atoms with Crippen molar-refractivity contribution in [2.24, 2.45) is 0 Å². The molecule has 0 unspecified atom stereocenters. The van der Waals surface area contributed by atoms with Gasteiger partial charge in [-0.2, -0.15) is 0 Å². The zero-order valence-corrected chi connectivity index (χ0v) is 18.8. The van der Waals surface area contributed by atoms with Gasteiger partial charge in [-0.25, -0.2) is 4.39 Å². The minimum Gasteiger partial charge on any atom is -0.395 e. The van der Waals surface area contributed by atoms with E-state index in [2.05, 4.69) is 21.3 Å². The number of aliphatic hydroxyl groups excluding tert-OH is 2. The van der Waals surface area contributed by atoms with Crippen LogP contribution in [-0.4, -0.2) is 53.4 Å². The van der Waals surface area contributed by atoms with Crippen molar-refractivity contribution in [3.8, 4) is 0 Å². The van der Waals surface area contributed by atoms with E-state index in [1.165, 1.54) is 17.0 Å². The van der Waals surface area contributed by atoms with Crippen LogP contribution in [0.3, 0.4) is 0 Å². The number of benzene rings is 1. The number of thiophene rings is 1. The topological polar surface area (TPSA) is 71.9 Å². The van der Waals surface area contributed by atoms with Gasteiger partial charge in [-0.15, -0.1) is 11.3 Å². The van der Waals surface area contributed by atoms with Crippen molar-refractivity contribution < 1.29 is 14.6 Å². The van der Waals surface area contributed by atoms with Gasteiger partial charge in [0.2, 0.25) is 0 Å². The molecule has 0 fully saturated rings. The molecule has 32 heavy (non-hydrogen) atoms. The zero-order valence-electron chi connectivity index (χ0n) is 18.0. The Balaban J connectivity index is 1.77. The molecule has 3 aromatic rings. The number of hydrogen-bond acceptors (Lipinski definition) is 7. The van der Waals surface area contributed by atoms with Gasteiger partial charge in [0.05, 0.1) is 48.4 Å². The van der Waals surface area contributed by atoms with E-state index in [0.717, 1.165) is 33.2 Å². The molecule has 0 radical (unpaired) electrons. The maximum Gasteiger partial charge on any atom is 0.123 e.